The van der Waals surface area contributed by atoms with Crippen molar-refractivity contribution in [1.82, 2.24) is 9.80 Å². The van der Waals surface area contributed by atoms with Gasteiger partial charge in [-0.15, -0.1) is 0 Å². The van der Waals surface area contributed by atoms with E-state index in [2.05, 4.69) is 21.2 Å². The highest BCUT2D eigenvalue weighted by Gasteiger charge is 2.25. The molecule has 136 valence electrons. The molecule has 0 radical (unpaired) electrons. The van der Waals surface area contributed by atoms with E-state index in [1.165, 1.54) is 4.90 Å². The average Bonchev–Trinajstić information content (AvgIpc) is 2.57. The molecular weight excluding hydrogens is 388 g/mol. The first-order valence-corrected chi connectivity index (χ1v) is 8.96. The minimum Gasteiger partial charge on any atom is -0.369 e. The normalized spacial score (nSPS) is 15.6. The van der Waals surface area contributed by atoms with Gasteiger partial charge in [0.15, 0.2) is 0 Å². The van der Waals surface area contributed by atoms with Gasteiger partial charge in [-0.1, -0.05) is 12.1 Å². The van der Waals surface area contributed by atoms with E-state index in [-0.39, 0.29) is 36.7 Å². The van der Waals surface area contributed by atoms with E-state index in [0.29, 0.717) is 31.6 Å². The van der Waals surface area contributed by atoms with Crippen molar-refractivity contribution in [2.45, 2.75) is 12.8 Å². The molecule has 1 aromatic rings. The minimum atomic E-state index is -0.271. The fourth-order valence-corrected chi connectivity index (χ4v) is 3.13. The number of rotatable bonds is 6. The third kappa shape index (κ3) is 5.82. The second-order valence-electron chi connectivity index (χ2n) is 6.23. The fourth-order valence-electron chi connectivity index (χ4n) is 2.74. The predicted molar refractivity (Wildman–Crippen MR) is 98.8 cm³/mol. The third-order valence-electron chi connectivity index (χ3n) is 4.30. The van der Waals surface area contributed by atoms with Gasteiger partial charge in [0.2, 0.25) is 17.7 Å². The number of benzene rings is 1. The van der Waals surface area contributed by atoms with Crippen molar-refractivity contribution >= 4 is 39.3 Å². The number of piperidine rings is 1. The molecule has 1 aliphatic rings. The molecule has 0 saturated carbocycles. The summed E-state index contributed by atoms with van der Waals surface area (Å²) in [5.74, 6) is -0.749. The van der Waals surface area contributed by atoms with Crippen molar-refractivity contribution in [2.75, 3.05) is 38.5 Å². The molecule has 1 fully saturated rings. The molecule has 8 heteroatoms. The van der Waals surface area contributed by atoms with Crippen molar-refractivity contribution in [1.29, 1.82) is 0 Å². The van der Waals surface area contributed by atoms with Gasteiger partial charge in [0, 0.05) is 17.4 Å². The Kier molecular flexibility index (Phi) is 6.95. The summed E-state index contributed by atoms with van der Waals surface area (Å²) in [6.07, 6.45) is 1.35. The molecule has 1 heterocycles. The topological polar surface area (TPSA) is 95.7 Å². The quantitative estimate of drug-likeness (QED) is 0.732. The molecular formula is C17H23BrN4O3. The molecule has 1 aliphatic heterocycles. The standard InChI is InChI=1S/C17H23BrN4O3/c1-21(10-15(23)20-14-5-3-2-4-13(14)18)16(24)11-22-8-6-12(7-9-22)17(19)25/h2-5,12H,6-11H2,1H3,(H2,19,25)(H,20,23). The number of para-hydroxylation sites is 1. The van der Waals surface area contributed by atoms with Gasteiger partial charge < -0.3 is 16.0 Å². The summed E-state index contributed by atoms with van der Waals surface area (Å²) in [7, 11) is 1.61. The maximum Gasteiger partial charge on any atom is 0.244 e. The zero-order valence-corrected chi connectivity index (χ0v) is 15.8. The van der Waals surface area contributed by atoms with E-state index in [0.717, 1.165) is 4.47 Å². The van der Waals surface area contributed by atoms with Crippen molar-refractivity contribution in [3.8, 4) is 0 Å². The van der Waals surface area contributed by atoms with E-state index in [1.54, 1.807) is 13.1 Å². The number of likely N-dealkylation sites (tertiary alicyclic amines) is 1. The largest absolute Gasteiger partial charge is 0.369 e. The van der Waals surface area contributed by atoms with Crippen LogP contribution in [0.1, 0.15) is 12.8 Å². The van der Waals surface area contributed by atoms with Gasteiger partial charge in [0.25, 0.3) is 0 Å². The zero-order chi connectivity index (χ0) is 18.4. The summed E-state index contributed by atoms with van der Waals surface area (Å²) in [6, 6.07) is 7.30. The molecule has 0 bridgehead atoms. The lowest BCUT2D eigenvalue weighted by Gasteiger charge is -2.31. The number of halogens is 1. The smallest absolute Gasteiger partial charge is 0.244 e. The number of hydrogen-bond acceptors (Lipinski definition) is 4. The summed E-state index contributed by atoms with van der Waals surface area (Å²) in [5.41, 5.74) is 5.98. The Morgan fingerprint density at radius 3 is 2.52 bits per heavy atom. The molecule has 0 spiro atoms. The monoisotopic (exact) mass is 410 g/mol. The van der Waals surface area contributed by atoms with Gasteiger partial charge in [-0.2, -0.15) is 0 Å². The number of amides is 3. The fraction of sp³-hybridized carbons (Fsp3) is 0.471. The van der Waals surface area contributed by atoms with Crippen molar-refractivity contribution in [3.63, 3.8) is 0 Å². The maximum absolute atomic E-state index is 12.3. The molecule has 0 atom stereocenters. The molecule has 7 nitrogen and oxygen atoms in total. The summed E-state index contributed by atoms with van der Waals surface area (Å²) < 4.78 is 0.787. The van der Waals surface area contributed by atoms with Crippen LogP contribution in [-0.4, -0.2) is 60.7 Å². The summed E-state index contributed by atoms with van der Waals surface area (Å²) in [5, 5.41) is 2.77. The lowest BCUT2D eigenvalue weighted by atomic mass is 9.96. The van der Waals surface area contributed by atoms with Crippen molar-refractivity contribution < 1.29 is 14.4 Å². The molecule has 3 N–H and O–H groups in total. The Bertz CT molecular complexity index is 645. The van der Waals surface area contributed by atoms with Gasteiger partial charge in [0.1, 0.15) is 0 Å². The van der Waals surface area contributed by atoms with Gasteiger partial charge in [-0.05, 0) is 54.0 Å². The molecule has 0 unspecified atom stereocenters. The number of likely N-dealkylation sites (N-methyl/N-ethyl adjacent to an activating group) is 1. The highest BCUT2D eigenvalue weighted by Crippen LogP contribution is 2.21. The van der Waals surface area contributed by atoms with Crippen LogP contribution >= 0.6 is 15.9 Å². The van der Waals surface area contributed by atoms with Crippen LogP contribution in [0.3, 0.4) is 0 Å². The molecule has 0 aliphatic carbocycles. The molecule has 2 rings (SSSR count). The number of carbonyl (C=O) groups excluding carboxylic acids is 3. The summed E-state index contributed by atoms with van der Waals surface area (Å²) >= 11 is 3.37. The van der Waals surface area contributed by atoms with E-state index in [4.69, 9.17) is 5.73 Å². The van der Waals surface area contributed by atoms with E-state index < -0.39 is 0 Å². The number of nitrogens with one attached hydrogen (secondary N) is 1. The summed E-state index contributed by atoms with van der Waals surface area (Å²) in [4.78, 5) is 39.0. The van der Waals surface area contributed by atoms with Crippen LogP contribution in [-0.2, 0) is 14.4 Å². The highest BCUT2D eigenvalue weighted by molar-refractivity contribution is 9.10. The number of nitrogens with zero attached hydrogens (tertiary/aromatic N) is 2. The van der Waals surface area contributed by atoms with Gasteiger partial charge in [-0.25, -0.2) is 0 Å². The second-order valence-corrected chi connectivity index (χ2v) is 7.08. The number of nitrogens with two attached hydrogens (primary N) is 1. The zero-order valence-electron chi connectivity index (χ0n) is 14.2. The first-order chi connectivity index (χ1) is 11.9. The van der Waals surface area contributed by atoms with Crippen LogP contribution in [0.15, 0.2) is 28.7 Å². The van der Waals surface area contributed by atoms with Crippen LogP contribution in [0.5, 0.6) is 0 Å². The molecule has 1 aromatic carbocycles. The van der Waals surface area contributed by atoms with E-state index >= 15 is 0 Å². The van der Waals surface area contributed by atoms with Crippen LogP contribution in [0.4, 0.5) is 5.69 Å². The number of carbonyl (C=O) groups is 3. The van der Waals surface area contributed by atoms with Crippen molar-refractivity contribution in [3.05, 3.63) is 28.7 Å². The molecule has 1 saturated heterocycles. The number of primary amides is 1. The lowest BCUT2D eigenvalue weighted by molar-refractivity contribution is -0.134. The van der Waals surface area contributed by atoms with Gasteiger partial charge in [-0.3, -0.25) is 19.3 Å². The molecule has 3 amide bonds. The van der Waals surface area contributed by atoms with E-state index in [9.17, 15) is 14.4 Å². The Morgan fingerprint density at radius 2 is 1.92 bits per heavy atom. The first kappa shape index (κ1) is 19.4. The van der Waals surface area contributed by atoms with Gasteiger partial charge in [0.05, 0.1) is 18.8 Å². The highest BCUT2D eigenvalue weighted by atomic mass is 79.9. The SMILES string of the molecule is CN(CC(=O)Nc1ccccc1Br)C(=O)CN1CCC(C(N)=O)CC1. The Hall–Kier alpha value is -1.93. The molecule has 0 aromatic heterocycles. The predicted octanol–water partition coefficient (Wildman–Crippen LogP) is 1.04. The van der Waals surface area contributed by atoms with Crippen LogP contribution < -0.4 is 11.1 Å². The van der Waals surface area contributed by atoms with E-state index in [1.807, 2.05) is 23.1 Å². The maximum atomic E-state index is 12.3. The Labute approximate surface area is 155 Å². The molecule has 25 heavy (non-hydrogen) atoms. The first-order valence-electron chi connectivity index (χ1n) is 8.17. The van der Waals surface area contributed by atoms with Gasteiger partial charge >= 0.3 is 0 Å². The van der Waals surface area contributed by atoms with Crippen LogP contribution in [0.25, 0.3) is 0 Å². The average molecular weight is 411 g/mol. The summed E-state index contributed by atoms with van der Waals surface area (Å²) in [6.45, 7) is 1.55. The van der Waals surface area contributed by atoms with Crippen LogP contribution in [0, 0.1) is 5.92 Å². The second kappa shape index (κ2) is 8.96. The lowest BCUT2D eigenvalue weighted by Crippen LogP contribution is -2.45. The van der Waals surface area contributed by atoms with Crippen molar-refractivity contribution in [2.24, 2.45) is 11.7 Å². The number of anilines is 1. The Morgan fingerprint density at radius 1 is 1.28 bits per heavy atom. The van der Waals surface area contributed by atoms with Crippen LogP contribution in [0.2, 0.25) is 0 Å². The minimum absolute atomic E-state index is 0.0160. The number of hydrogen-bond donors (Lipinski definition) is 2. The Balaban J connectivity index is 1.77. The third-order valence-corrected chi connectivity index (χ3v) is 4.99.